The molecule has 0 unspecified atom stereocenters. The molecule has 0 saturated heterocycles. The molecule has 1 aromatic heterocycles. The number of likely N-dealkylation sites (N-methyl/N-ethyl adjacent to an activating group) is 1. The van der Waals surface area contributed by atoms with Crippen LogP contribution < -0.4 is 5.32 Å². The predicted octanol–water partition coefficient (Wildman–Crippen LogP) is 3.74. The zero-order valence-electron chi connectivity index (χ0n) is 17.3. The van der Waals surface area contributed by atoms with Crippen molar-refractivity contribution in [3.05, 3.63) is 65.9 Å². The van der Waals surface area contributed by atoms with Gasteiger partial charge in [0.2, 0.25) is 5.91 Å². The van der Waals surface area contributed by atoms with Crippen LogP contribution in [0.1, 0.15) is 36.3 Å². The summed E-state index contributed by atoms with van der Waals surface area (Å²) in [5.74, 6) is 1.16. The molecule has 0 aliphatic heterocycles. The van der Waals surface area contributed by atoms with Crippen LogP contribution in [0.5, 0.6) is 0 Å². The van der Waals surface area contributed by atoms with Gasteiger partial charge in [0.05, 0.1) is 11.7 Å². The van der Waals surface area contributed by atoms with E-state index in [4.69, 9.17) is 0 Å². The number of carbonyl (C=O) groups excluding carboxylic acids is 1. The first-order valence-electron chi connectivity index (χ1n) is 10.5. The summed E-state index contributed by atoms with van der Waals surface area (Å²) in [5, 5.41) is 11.4. The third-order valence-corrected chi connectivity index (χ3v) is 6.07. The van der Waals surface area contributed by atoms with E-state index in [9.17, 15) is 4.79 Å². The molecule has 152 valence electrons. The second-order valence-corrected chi connectivity index (χ2v) is 8.48. The van der Waals surface area contributed by atoms with Crippen LogP contribution in [0.25, 0.3) is 10.9 Å². The Kier molecular flexibility index (Phi) is 5.95. The topological polar surface area (TPSA) is 61.0 Å². The van der Waals surface area contributed by atoms with Crippen LogP contribution >= 0.6 is 0 Å². The molecule has 1 aliphatic carbocycles. The number of carbonyl (C=O) groups is 1. The zero-order chi connectivity index (χ0) is 20.2. The van der Waals surface area contributed by atoms with Crippen LogP contribution in [-0.2, 0) is 11.2 Å². The van der Waals surface area contributed by atoms with E-state index in [1.807, 2.05) is 12.3 Å². The van der Waals surface area contributed by atoms with Gasteiger partial charge in [0.15, 0.2) is 0 Å². The van der Waals surface area contributed by atoms with E-state index in [0.29, 0.717) is 24.8 Å². The van der Waals surface area contributed by atoms with Gasteiger partial charge in [-0.2, -0.15) is 5.10 Å². The number of hydrogen-bond acceptors (Lipinski definition) is 3. The van der Waals surface area contributed by atoms with E-state index >= 15 is 0 Å². The third-order valence-electron chi connectivity index (χ3n) is 6.07. The first kappa shape index (κ1) is 19.6. The smallest absolute Gasteiger partial charge is 0.220 e. The molecule has 5 heteroatoms. The Morgan fingerprint density at radius 3 is 2.72 bits per heavy atom. The number of rotatable bonds is 9. The summed E-state index contributed by atoms with van der Waals surface area (Å²) in [5.41, 5.74) is 3.60. The van der Waals surface area contributed by atoms with Crippen molar-refractivity contribution in [3.63, 3.8) is 0 Å². The third kappa shape index (κ3) is 5.04. The molecule has 2 atom stereocenters. The lowest BCUT2D eigenvalue weighted by atomic mass is 9.90. The van der Waals surface area contributed by atoms with Gasteiger partial charge >= 0.3 is 0 Å². The minimum Gasteiger partial charge on any atom is -0.355 e. The molecule has 1 amide bonds. The first-order chi connectivity index (χ1) is 14.1. The second-order valence-electron chi connectivity index (χ2n) is 8.48. The number of benzene rings is 2. The van der Waals surface area contributed by atoms with E-state index < -0.39 is 0 Å². The zero-order valence-corrected chi connectivity index (χ0v) is 17.3. The summed E-state index contributed by atoms with van der Waals surface area (Å²) < 4.78 is 0. The van der Waals surface area contributed by atoms with Crippen molar-refractivity contribution in [2.75, 3.05) is 20.6 Å². The highest BCUT2D eigenvalue weighted by Gasteiger charge is 2.33. The van der Waals surface area contributed by atoms with E-state index in [0.717, 1.165) is 17.3 Å². The molecule has 1 saturated carbocycles. The SMILES string of the molecule is CN(C)[C@H](CNC(=O)C[C@@H](c1ccccc1)C1CC1)Cc1ccc2[nH]ncc2c1. The van der Waals surface area contributed by atoms with Crippen LogP contribution in [-0.4, -0.2) is 47.7 Å². The molecule has 4 rings (SSSR count). The number of nitrogens with one attached hydrogen (secondary N) is 2. The molecular weight excluding hydrogens is 360 g/mol. The van der Waals surface area contributed by atoms with Crippen LogP contribution in [0, 0.1) is 5.92 Å². The first-order valence-corrected chi connectivity index (χ1v) is 10.5. The van der Waals surface area contributed by atoms with Crippen molar-refractivity contribution in [2.24, 2.45) is 5.92 Å². The molecule has 29 heavy (non-hydrogen) atoms. The van der Waals surface area contributed by atoms with Gasteiger partial charge in [0.25, 0.3) is 0 Å². The molecule has 1 fully saturated rings. The fourth-order valence-electron chi connectivity index (χ4n) is 4.09. The van der Waals surface area contributed by atoms with Gasteiger partial charge in [0, 0.05) is 24.4 Å². The van der Waals surface area contributed by atoms with Gasteiger partial charge in [0.1, 0.15) is 0 Å². The van der Waals surface area contributed by atoms with Gasteiger partial charge in [-0.25, -0.2) is 0 Å². The molecule has 1 heterocycles. The molecule has 2 N–H and O–H groups in total. The molecule has 2 aromatic carbocycles. The lowest BCUT2D eigenvalue weighted by Gasteiger charge is -2.25. The molecule has 3 aromatic rings. The Hall–Kier alpha value is -2.66. The maximum atomic E-state index is 12.7. The molecule has 0 radical (unpaired) electrons. The van der Waals surface area contributed by atoms with Crippen molar-refractivity contribution in [2.45, 2.75) is 37.6 Å². The number of fused-ring (bicyclic) bond motifs is 1. The maximum absolute atomic E-state index is 12.7. The van der Waals surface area contributed by atoms with Gasteiger partial charge in [-0.05, 0) is 68.5 Å². The Bertz CT molecular complexity index is 946. The summed E-state index contributed by atoms with van der Waals surface area (Å²) in [6.45, 7) is 0.654. The molecular formula is C24H30N4O. The fraction of sp³-hybridized carbons (Fsp3) is 0.417. The molecule has 5 nitrogen and oxygen atoms in total. The summed E-state index contributed by atoms with van der Waals surface area (Å²) in [7, 11) is 4.15. The maximum Gasteiger partial charge on any atom is 0.220 e. The van der Waals surface area contributed by atoms with Gasteiger partial charge in [-0.15, -0.1) is 0 Å². The highest BCUT2D eigenvalue weighted by atomic mass is 16.1. The number of aromatic amines is 1. The normalized spacial score (nSPS) is 16.1. The Morgan fingerprint density at radius 2 is 2.00 bits per heavy atom. The van der Waals surface area contributed by atoms with E-state index in [2.05, 4.69) is 77.0 Å². The van der Waals surface area contributed by atoms with Crippen molar-refractivity contribution in [3.8, 4) is 0 Å². The van der Waals surface area contributed by atoms with Crippen molar-refractivity contribution in [1.29, 1.82) is 0 Å². The van der Waals surface area contributed by atoms with E-state index in [-0.39, 0.29) is 11.9 Å². The lowest BCUT2D eigenvalue weighted by Crippen LogP contribution is -2.42. The van der Waals surface area contributed by atoms with Crippen LogP contribution in [0.15, 0.2) is 54.7 Å². The largest absolute Gasteiger partial charge is 0.355 e. The Morgan fingerprint density at radius 1 is 1.21 bits per heavy atom. The van der Waals surface area contributed by atoms with Crippen molar-refractivity contribution < 1.29 is 4.79 Å². The number of nitrogens with zero attached hydrogens (tertiary/aromatic N) is 2. The van der Waals surface area contributed by atoms with Gasteiger partial charge in [-0.1, -0.05) is 36.4 Å². The van der Waals surface area contributed by atoms with Crippen LogP contribution in [0.2, 0.25) is 0 Å². The van der Waals surface area contributed by atoms with Crippen molar-refractivity contribution in [1.82, 2.24) is 20.4 Å². The summed E-state index contributed by atoms with van der Waals surface area (Å²) in [4.78, 5) is 14.9. The number of hydrogen-bond donors (Lipinski definition) is 2. The van der Waals surface area contributed by atoms with Crippen LogP contribution in [0.3, 0.4) is 0 Å². The number of amides is 1. The van der Waals surface area contributed by atoms with Gasteiger partial charge < -0.3 is 10.2 Å². The quantitative estimate of drug-likeness (QED) is 0.585. The average molecular weight is 391 g/mol. The Balaban J connectivity index is 1.35. The number of H-pyrrole nitrogens is 1. The summed E-state index contributed by atoms with van der Waals surface area (Å²) in [6.07, 6.45) is 5.80. The monoisotopic (exact) mass is 390 g/mol. The fourth-order valence-corrected chi connectivity index (χ4v) is 4.09. The molecule has 0 bridgehead atoms. The van der Waals surface area contributed by atoms with Gasteiger partial charge in [-0.3, -0.25) is 9.89 Å². The van der Waals surface area contributed by atoms with Crippen LogP contribution in [0.4, 0.5) is 0 Å². The molecule has 1 aliphatic rings. The minimum absolute atomic E-state index is 0.155. The van der Waals surface area contributed by atoms with E-state index in [1.165, 1.54) is 24.0 Å². The average Bonchev–Trinajstić information content (AvgIpc) is 3.46. The highest BCUT2D eigenvalue weighted by Crippen LogP contribution is 2.44. The highest BCUT2D eigenvalue weighted by molar-refractivity contribution is 5.78. The summed E-state index contributed by atoms with van der Waals surface area (Å²) in [6, 6.07) is 17.1. The summed E-state index contributed by atoms with van der Waals surface area (Å²) >= 11 is 0. The standard InChI is InChI=1S/C24H30N4O/c1-28(2)21(13-17-8-11-23-20(12-17)15-26-27-23)16-25-24(29)14-22(19-9-10-19)18-6-4-3-5-7-18/h3-8,11-12,15,19,21-22H,9-10,13-14,16H2,1-2H3,(H,25,29)(H,26,27)/t21-,22-/m0/s1. The van der Waals surface area contributed by atoms with Crippen molar-refractivity contribution >= 4 is 16.8 Å². The number of aromatic nitrogens is 2. The predicted molar refractivity (Wildman–Crippen MR) is 117 cm³/mol. The molecule has 0 spiro atoms. The Labute approximate surface area is 172 Å². The lowest BCUT2D eigenvalue weighted by molar-refractivity contribution is -0.121. The second kappa shape index (κ2) is 8.78. The van der Waals surface area contributed by atoms with E-state index in [1.54, 1.807) is 0 Å². The minimum atomic E-state index is 0.155.